The van der Waals surface area contributed by atoms with E-state index in [9.17, 15) is 16.8 Å². The SMILES string of the molecule is Cc1ccc(S(=O)(=O)N([C@@H]2CCS(=O)(=O)C2)N(C)C)cc1C. The molecule has 6 nitrogen and oxygen atoms in total. The third-order valence-electron chi connectivity index (χ3n) is 3.94. The van der Waals surface area contributed by atoms with Gasteiger partial charge in [0.25, 0.3) is 10.0 Å². The van der Waals surface area contributed by atoms with Crippen LogP contribution >= 0.6 is 0 Å². The predicted molar refractivity (Wildman–Crippen MR) is 85.7 cm³/mol. The largest absolute Gasteiger partial charge is 0.256 e. The summed E-state index contributed by atoms with van der Waals surface area (Å²) in [6.45, 7) is 3.77. The van der Waals surface area contributed by atoms with Crippen LogP contribution in [0, 0.1) is 13.8 Å². The van der Waals surface area contributed by atoms with E-state index < -0.39 is 25.9 Å². The number of hydrogen-bond donors (Lipinski definition) is 0. The van der Waals surface area contributed by atoms with Gasteiger partial charge in [-0.2, -0.15) is 0 Å². The van der Waals surface area contributed by atoms with E-state index in [4.69, 9.17) is 0 Å². The number of aryl methyl sites for hydroxylation is 2. The van der Waals surface area contributed by atoms with Crippen LogP contribution in [-0.2, 0) is 19.9 Å². The average Bonchev–Trinajstić information content (AvgIpc) is 2.71. The molecule has 0 spiro atoms. The Morgan fingerprint density at radius 1 is 1.14 bits per heavy atom. The lowest BCUT2D eigenvalue weighted by molar-refractivity contribution is 0.0893. The van der Waals surface area contributed by atoms with Crippen molar-refractivity contribution >= 4 is 19.9 Å². The Hall–Kier alpha value is -0.960. The number of sulfonamides is 1. The monoisotopic (exact) mass is 346 g/mol. The molecule has 0 unspecified atom stereocenters. The molecule has 22 heavy (non-hydrogen) atoms. The predicted octanol–water partition coefficient (Wildman–Crippen LogP) is 0.958. The van der Waals surface area contributed by atoms with Gasteiger partial charge in [0.2, 0.25) is 0 Å². The van der Waals surface area contributed by atoms with Crippen LogP contribution in [0.2, 0.25) is 0 Å². The van der Waals surface area contributed by atoms with E-state index in [1.54, 1.807) is 32.3 Å². The maximum atomic E-state index is 12.9. The normalized spacial score (nSPS) is 21.6. The fourth-order valence-electron chi connectivity index (χ4n) is 2.67. The number of sulfone groups is 1. The molecule has 8 heteroatoms. The first-order chi connectivity index (χ1) is 10.0. The zero-order chi connectivity index (χ0) is 16.7. The van der Waals surface area contributed by atoms with Crippen LogP contribution in [-0.4, -0.2) is 57.9 Å². The van der Waals surface area contributed by atoms with Crippen LogP contribution in [0.3, 0.4) is 0 Å². The Morgan fingerprint density at radius 2 is 1.77 bits per heavy atom. The second-order valence-electron chi connectivity index (χ2n) is 5.93. The van der Waals surface area contributed by atoms with E-state index in [1.807, 2.05) is 13.8 Å². The van der Waals surface area contributed by atoms with Crippen LogP contribution in [0.25, 0.3) is 0 Å². The van der Waals surface area contributed by atoms with Gasteiger partial charge in [0.1, 0.15) is 0 Å². The second kappa shape index (κ2) is 5.92. The number of rotatable bonds is 4. The van der Waals surface area contributed by atoms with Gasteiger partial charge in [-0.3, -0.25) is 0 Å². The highest BCUT2D eigenvalue weighted by Crippen LogP contribution is 2.26. The summed E-state index contributed by atoms with van der Waals surface area (Å²) in [5, 5.41) is 1.45. The standard InChI is InChI=1S/C14H22N2O4S2/c1-11-5-6-14(9-12(11)2)22(19,20)16(15(3)4)13-7-8-21(17,18)10-13/h5-6,9,13H,7-8,10H2,1-4H3/t13-/m1/s1. The first kappa shape index (κ1) is 17.4. The van der Waals surface area contributed by atoms with Crippen LogP contribution in [0.1, 0.15) is 17.5 Å². The Balaban J connectivity index is 2.45. The van der Waals surface area contributed by atoms with E-state index in [2.05, 4.69) is 0 Å². The van der Waals surface area contributed by atoms with Gasteiger partial charge >= 0.3 is 0 Å². The molecule has 1 saturated heterocycles. The lowest BCUT2D eigenvalue weighted by Crippen LogP contribution is -2.49. The van der Waals surface area contributed by atoms with E-state index in [1.165, 1.54) is 9.42 Å². The van der Waals surface area contributed by atoms with Crippen molar-refractivity contribution in [2.75, 3.05) is 25.6 Å². The molecular formula is C14H22N2O4S2. The van der Waals surface area contributed by atoms with Crippen molar-refractivity contribution in [2.24, 2.45) is 0 Å². The minimum atomic E-state index is -3.78. The molecule has 1 aromatic carbocycles. The van der Waals surface area contributed by atoms with E-state index in [0.717, 1.165) is 11.1 Å². The maximum Gasteiger partial charge on any atom is 0.256 e. The molecule has 0 amide bonds. The highest BCUT2D eigenvalue weighted by atomic mass is 32.2. The minimum absolute atomic E-state index is 0.0322. The molecule has 0 bridgehead atoms. The summed E-state index contributed by atoms with van der Waals surface area (Å²) < 4.78 is 50.4. The van der Waals surface area contributed by atoms with Crippen molar-refractivity contribution in [3.8, 4) is 0 Å². The van der Waals surface area contributed by atoms with Crippen LogP contribution in [0.15, 0.2) is 23.1 Å². The van der Waals surface area contributed by atoms with Gasteiger partial charge in [-0.05, 0) is 43.5 Å². The summed E-state index contributed by atoms with van der Waals surface area (Å²) in [6, 6.07) is 4.41. The third-order valence-corrected chi connectivity index (χ3v) is 7.65. The number of benzene rings is 1. The molecule has 0 radical (unpaired) electrons. The fraction of sp³-hybridized carbons (Fsp3) is 0.571. The summed E-state index contributed by atoms with van der Waals surface area (Å²) in [5.41, 5.74) is 1.90. The lowest BCUT2D eigenvalue weighted by atomic mass is 10.1. The fourth-order valence-corrected chi connectivity index (χ4v) is 6.24. The maximum absolute atomic E-state index is 12.9. The van der Waals surface area contributed by atoms with Crippen molar-refractivity contribution in [2.45, 2.75) is 31.2 Å². The summed E-state index contributed by atoms with van der Waals surface area (Å²) >= 11 is 0. The lowest BCUT2D eigenvalue weighted by Gasteiger charge is -2.32. The quantitative estimate of drug-likeness (QED) is 0.759. The molecule has 0 saturated carbocycles. The first-order valence-electron chi connectivity index (χ1n) is 7.04. The molecule has 1 aliphatic rings. The molecule has 1 aliphatic heterocycles. The molecule has 0 N–H and O–H groups in total. The van der Waals surface area contributed by atoms with Gasteiger partial charge in [-0.25, -0.2) is 21.8 Å². The molecule has 124 valence electrons. The van der Waals surface area contributed by atoms with Crippen LogP contribution in [0.4, 0.5) is 0 Å². The zero-order valence-electron chi connectivity index (χ0n) is 13.3. The third kappa shape index (κ3) is 3.34. The molecule has 1 fully saturated rings. The summed E-state index contributed by atoms with van der Waals surface area (Å²) in [4.78, 5) is 0.189. The van der Waals surface area contributed by atoms with Crippen molar-refractivity contribution in [3.05, 3.63) is 29.3 Å². The van der Waals surface area contributed by atoms with Gasteiger partial charge in [-0.15, -0.1) is 4.41 Å². The first-order valence-corrected chi connectivity index (χ1v) is 10.3. The smallest absolute Gasteiger partial charge is 0.234 e. The van der Waals surface area contributed by atoms with Gasteiger partial charge in [0.05, 0.1) is 22.4 Å². The molecule has 0 aliphatic carbocycles. The van der Waals surface area contributed by atoms with Gasteiger partial charge in [0, 0.05) is 14.1 Å². The minimum Gasteiger partial charge on any atom is -0.234 e. The van der Waals surface area contributed by atoms with Gasteiger partial charge < -0.3 is 0 Å². The Bertz CT molecular complexity index is 770. The molecule has 0 aromatic heterocycles. The zero-order valence-corrected chi connectivity index (χ0v) is 14.9. The van der Waals surface area contributed by atoms with E-state index in [0.29, 0.717) is 6.42 Å². The Labute approximate surface area is 132 Å². The topological polar surface area (TPSA) is 74.8 Å². The van der Waals surface area contributed by atoms with Crippen LogP contribution in [0.5, 0.6) is 0 Å². The number of hydrazine groups is 1. The van der Waals surface area contributed by atoms with E-state index >= 15 is 0 Å². The van der Waals surface area contributed by atoms with Gasteiger partial charge in [-0.1, -0.05) is 6.07 Å². The Morgan fingerprint density at radius 3 is 2.23 bits per heavy atom. The highest BCUT2D eigenvalue weighted by Gasteiger charge is 2.40. The van der Waals surface area contributed by atoms with E-state index in [-0.39, 0.29) is 16.4 Å². The van der Waals surface area contributed by atoms with Crippen molar-refractivity contribution < 1.29 is 16.8 Å². The highest BCUT2D eigenvalue weighted by molar-refractivity contribution is 7.92. The number of hydrogen-bond acceptors (Lipinski definition) is 5. The number of nitrogens with zero attached hydrogens (tertiary/aromatic N) is 2. The molecular weight excluding hydrogens is 324 g/mol. The summed E-state index contributed by atoms with van der Waals surface area (Å²) in [5.74, 6) is -0.0975. The molecule has 1 atom stereocenters. The van der Waals surface area contributed by atoms with Crippen molar-refractivity contribution in [1.82, 2.24) is 9.42 Å². The summed E-state index contributed by atoms with van der Waals surface area (Å²) in [6.07, 6.45) is 0.324. The van der Waals surface area contributed by atoms with Crippen LogP contribution < -0.4 is 0 Å². The summed E-state index contributed by atoms with van der Waals surface area (Å²) in [7, 11) is -3.71. The molecule has 1 heterocycles. The Kier molecular flexibility index (Phi) is 4.68. The van der Waals surface area contributed by atoms with Crippen molar-refractivity contribution in [1.29, 1.82) is 0 Å². The average molecular weight is 346 g/mol. The molecule has 1 aromatic rings. The van der Waals surface area contributed by atoms with Gasteiger partial charge in [0.15, 0.2) is 9.84 Å². The second-order valence-corrected chi connectivity index (χ2v) is 9.95. The van der Waals surface area contributed by atoms with Crippen molar-refractivity contribution in [3.63, 3.8) is 0 Å². The molecule has 2 rings (SSSR count).